The fourth-order valence-electron chi connectivity index (χ4n) is 3.76. The third kappa shape index (κ3) is 2.80. The maximum atomic E-state index is 3.33. The Labute approximate surface area is 101 Å². The van der Waals surface area contributed by atoms with Crippen LogP contribution >= 0.6 is 0 Å². The van der Waals surface area contributed by atoms with Gasteiger partial charge in [-0.1, -0.05) is 20.8 Å². The summed E-state index contributed by atoms with van der Waals surface area (Å²) in [4.78, 5) is 0. The molecule has 0 bridgehead atoms. The minimum absolute atomic E-state index is 0.541. The second-order valence-corrected chi connectivity index (χ2v) is 7.20. The van der Waals surface area contributed by atoms with E-state index in [1.165, 1.54) is 38.6 Å². The van der Waals surface area contributed by atoms with Crippen molar-refractivity contribution in [2.75, 3.05) is 13.6 Å². The van der Waals surface area contributed by atoms with Crippen molar-refractivity contribution >= 4 is 0 Å². The Morgan fingerprint density at radius 1 is 1.06 bits per heavy atom. The summed E-state index contributed by atoms with van der Waals surface area (Å²) in [7, 11) is 2.09. The van der Waals surface area contributed by atoms with Gasteiger partial charge in [-0.3, -0.25) is 0 Å². The molecule has 2 aliphatic rings. The lowest BCUT2D eigenvalue weighted by Crippen LogP contribution is -2.27. The summed E-state index contributed by atoms with van der Waals surface area (Å²) in [6, 6.07) is 0. The van der Waals surface area contributed by atoms with E-state index in [-0.39, 0.29) is 0 Å². The maximum Gasteiger partial charge on any atom is -0.00207 e. The van der Waals surface area contributed by atoms with Crippen molar-refractivity contribution in [3.05, 3.63) is 0 Å². The molecule has 1 nitrogen and oxygen atoms in total. The van der Waals surface area contributed by atoms with Gasteiger partial charge in [0.15, 0.2) is 0 Å². The summed E-state index contributed by atoms with van der Waals surface area (Å²) in [6.07, 6.45) is 7.49. The lowest BCUT2D eigenvalue weighted by atomic mass is 9.69. The zero-order valence-corrected chi connectivity index (χ0v) is 11.6. The van der Waals surface area contributed by atoms with Gasteiger partial charge in [-0.2, -0.15) is 0 Å². The molecular weight excluding hydrogens is 194 g/mol. The van der Waals surface area contributed by atoms with Crippen molar-refractivity contribution in [3.63, 3.8) is 0 Å². The van der Waals surface area contributed by atoms with Crippen molar-refractivity contribution in [2.24, 2.45) is 29.1 Å². The van der Waals surface area contributed by atoms with Gasteiger partial charge >= 0.3 is 0 Å². The van der Waals surface area contributed by atoms with Gasteiger partial charge < -0.3 is 5.32 Å². The van der Waals surface area contributed by atoms with Crippen LogP contribution in [-0.2, 0) is 0 Å². The molecule has 2 fully saturated rings. The van der Waals surface area contributed by atoms with Gasteiger partial charge in [-0.25, -0.2) is 0 Å². The van der Waals surface area contributed by atoms with Gasteiger partial charge in [0.25, 0.3) is 0 Å². The van der Waals surface area contributed by atoms with E-state index < -0.39 is 0 Å². The van der Waals surface area contributed by atoms with Crippen LogP contribution in [0.15, 0.2) is 0 Å². The van der Waals surface area contributed by atoms with Crippen molar-refractivity contribution in [1.82, 2.24) is 5.32 Å². The molecule has 0 aromatic rings. The predicted octanol–water partition coefficient (Wildman–Crippen LogP) is 3.69. The summed E-state index contributed by atoms with van der Waals surface area (Å²) in [6.45, 7) is 8.50. The van der Waals surface area contributed by atoms with Gasteiger partial charge in [-0.15, -0.1) is 0 Å². The molecule has 16 heavy (non-hydrogen) atoms. The molecule has 0 radical (unpaired) electrons. The van der Waals surface area contributed by atoms with E-state index >= 15 is 0 Å². The van der Waals surface area contributed by atoms with Gasteiger partial charge in [0, 0.05) is 0 Å². The van der Waals surface area contributed by atoms with Crippen molar-refractivity contribution in [3.8, 4) is 0 Å². The predicted molar refractivity (Wildman–Crippen MR) is 70.4 cm³/mol. The van der Waals surface area contributed by atoms with E-state index in [4.69, 9.17) is 0 Å². The first-order chi connectivity index (χ1) is 7.52. The number of hydrogen-bond donors (Lipinski definition) is 1. The lowest BCUT2D eigenvalue weighted by Gasteiger charge is -2.37. The zero-order valence-electron chi connectivity index (χ0n) is 11.6. The first kappa shape index (κ1) is 12.4. The number of nitrogens with one attached hydrogen (secondary N) is 1. The van der Waals surface area contributed by atoms with E-state index in [1.54, 1.807) is 0 Å². The van der Waals surface area contributed by atoms with Crippen LogP contribution in [0.3, 0.4) is 0 Å². The third-order valence-corrected chi connectivity index (χ3v) is 5.05. The van der Waals surface area contributed by atoms with E-state index in [1.807, 2.05) is 0 Å². The standard InChI is InChI=1S/C15H29N/c1-15(2,3)13-7-5-11(6-8-13)14-9-12(14)10-16-4/h11-14,16H,5-10H2,1-4H3. The van der Waals surface area contributed by atoms with Gasteiger partial charge in [0.2, 0.25) is 0 Å². The Hall–Kier alpha value is -0.0400. The molecule has 94 valence electrons. The molecule has 0 aliphatic heterocycles. The normalized spacial score (nSPS) is 39.8. The third-order valence-electron chi connectivity index (χ3n) is 5.05. The average molecular weight is 223 g/mol. The fourth-order valence-corrected chi connectivity index (χ4v) is 3.76. The lowest BCUT2D eigenvalue weighted by molar-refractivity contribution is 0.139. The second-order valence-electron chi connectivity index (χ2n) is 7.20. The second kappa shape index (κ2) is 4.68. The Bertz CT molecular complexity index is 220. The van der Waals surface area contributed by atoms with Crippen molar-refractivity contribution < 1.29 is 0 Å². The topological polar surface area (TPSA) is 12.0 Å². The molecule has 2 rings (SSSR count). The van der Waals surface area contributed by atoms with Crippen LogP contribution < -0.4 is 5.32 Å². The quantitative estimate of drug-likeness (QED) is 0.769. The maximum absolute atomic E-state index is 3.33. The molecule has 2 aliphatic carbocycles. The SMILES string of the molecule is CNCC1CC1C1CCC(C(C)(C)C)CC1. The monoisotopic (exact) mass is 223 g/mol. The Morgan fingerprint density at radius 2 is 1.69 bits per heavy atom. The first-order valence-electron chi connectivity index (χ1n) is 7.17. The average Bonchev–Trinajstić information content (AvgIpc) is 2.97. The van der Waals surface area contributed by atoms with Gasteiger partial charge in [-0.05, 0) is 74.8 Å². The molecular formula is C15H29N. The van der Waals surface area contributed by atoms with Crippen LogP contribution in [0.25, 0.3) is 0 Å². The molecule has 0 amide bonds. The molecule has 1 N–H and O–H groups in total. The number of rotatable bonds is 3. The molecule has 2 atom stereocenters. The first-order valence-corrected chi connectivity index (χ1v) is 7.17. The zero-order chi connectivity index (χ0) is 11.8. The highest BCUT2D eigenvalue weighted by Gasteiger charge is 2.43. The number of hydrogen-bond acceptors (Lipinski definition) is 1. The van der Waals surface area contributed by atoms with E-state index in [0.29, 0.717) is 5.41 Å². The Kier molecular flexibility index (Phi) is 3.63. The molecule has 0 heterocycles. The van der Waals surface area contributed by atoms with E-state index in [9.17, 15) is 0 Å². The summed E-state index contributed by atoms with van der Waals surface area (Å²) >= 11 is 0. The molecule has 2 unspecified atom stereocenters. The van der Waals surface area contributed by atoms with Crippen LogP contribution in [-0.4, -0.2) is 13.6 Å². The molecule has 1 heteroatoms. The van der Waals surface area contributed by atoms with Crippen molar-refractivity contribution in [2.45, 2.75) is 52.9 Å². The minimum Gasteiger partial charge on any atom is -0.319 e. The summed E-state index contributed by atoms with van der Waals surface area (Å²) < 4.78 is 0. The molecule has 0 aromatic carbocycles. The molecule has 2 saturated carbocycles. The Morgan fingerprint density at radius 3 is 2.19 bits per heavy atom. The van der Waals surface area contributed by atoms with E-state index in [2.05, 4.69) is 33.1 Å². The van der Waals surface area contributed by atoms with Gasteiger partial charge in [0.05, 0.1) is 0 Å². The van der Waals surface area contributed by atoms with Crippen LogP contribution in [0.4, 0.5) is 0 Å². The van der Waals surface area contributed by atoms with Crippen molar-refractivity contribution in [1.29, 1.82) is 0 Å². The summed E-state index contributed by atoms with van der Waals surface area (Å²) in [5.74, 6) is 4.14. The molecule has 0 spiro atoms. The molecule has 0 saturated heterocycles. The van der Waals surface area contributed by atoms with E-state index in [0.717, 1.165) is 23.7 Å². The smallest absolute Gasteiger partial charge is 0.00207 e. The molecule has 0 aromatic heterocycles. The minimum atomic E-state index is 0.541. The highest BCUT2D eigenvalue weighted by atomic mass is 14.8. The van der Waals surface area contributed by atoms with Crippen LogP contribution in [0.1, 0.15) is 52.9 Å². The fraction of sp³-hybridized carbons (Fsp3) is 1.00. The Balaban J connectivity index is 1.74. The summed E-state index contributed by atoms with van der Waals surface area (Å²) in [5.41, 5.74) is 0.541. The highest BCUT2D eigenvalue weighted by Crippen LogP contribution is 2.51. The largest absolute Gasteiger partial charge is 0.319 e. The summed E-state index contributed by atoms with van der Waals surface area (Å²) in [5, 5.41) is 3.33. The van der Waals surface area contributed by atoms with Gasteiger partial charge in [0.1, 0.15) is 0 Å². The van der Waals surface area contributed by atoms with Crippen LogP contribution in [0, 0.1) is 29.1 Å². The van der Waals surface area contributed by atoms with Crippen LogP contribution in [0.5, 0.6) is 0 Å². The highest BCUT2D eigenvalue weighted by molar-refractivity contribution is 4.94. The van der Waals surface area contributed by atoms with Crippen LogP contribution in [0.2, 0.25) is 0 Å².